The summed E-state index contributed by atoms with van der Waals surface area (Å²) < 4.78 is 38.7. The summed E-state index contributed by atoms with van der Waals surface area (Å²) in [5.41, 5.74) is -0.337. The molecular formula is C36H49N5O9S. The van der Waals surface area contributed by atoms with Crippen LogP contribution in [0.1, 0.15) is 96.6 Å². The lowest BCUT2D eigenvalue weighted by Crippen LogP contribution is -2.58. The minimum absolute atomic E-state index is 0.0577. The van der Waals surface area contributed by atoms with Crippen molar-refractivity contribution in [1.29, 1.82) is 0 Å². The minimum Gasteiger partial charge on any atom is -0.444 e. The molecule has 0 bridgehead atoms. The molecule has 1 aromatic rings. The minimum atomic E-state index is -3.99. The molecule has 278 valence electrons. The van der Waals surface area contributed by atoms with E-state index in [1.165, 1.54) is 4.90 Å². The quantitative estimate of drug-likeness (QED) is 0.383. The van der Waals surface area contributed by atoms with E-state index in [0.29, 0.717) is 38.8 Å². The van der Waals surface area contributed by atoms with Crippen molar-refractivity contribution in [3.63, 3.8) is 0 Å². The van der Waals surface area contributed by atoms with E-state index in [4.69, 9.17) is 9.47 Å². The number of amides is 5. The number of rotatable bonds is 5. The van der Waals surface area contributed by atoms with Crippen LogP contribution in [0.4, 0.5) is 9.59 Å². The summed E-state index contributed by atoms with van der Waals surface area (Å²) in [6, 6.07) is 5.48. The second kappa shape index (κ2) is 13.8. The molecule has 5 atom stereocenters. The Hall–Kier alpha value is -4.14. The van der Waals surface area contributed by atoms with Crippen LogP contribution in [0.15, 0.2) is 36.4 Å². The molecule has 6 rings (SSSR count). The van der Waals surface area contributed by atoms with E-state index >= 15 is 0 Å². The fourth-order valence-corrected chi connectivity index (χ4v) is 8.39. The standard InChI is InChI=1S/C36H49N5O9S/c1-34(2,3)50-32(45)37-27-15-9-7-5-6-8-14-25-19-36(25,31(44)39-51(47,48)35(4)16-17-35)38-29(42)28-18-26(22-41(28)30(27)43)49-33(46)40-20-23-12-10-11-13-24(23)21-40/h8,10-14,25-28H,5-7,9,15-22H2,1-4H3,(H,37,45)(H,38,42)(H,39,44)/b14-8+/t25-,26-,27+,28+,36-/m1/s1. The molecule has 5 aliphatic rings. The highest BCUT2D eigenvalue weighted by molar-refractivity contribution is 7.91. The first-order valence-corrected chi connectivity index (χ1v) is 19.4. The number of carbonyl (C=O) groups is 5. The zero-order valence-electron chi connectivity index (χ0n) is 29.7. The third-order valence-corrected chi connectivity index (χ3v) is 12.7. The number of alkyl carbamates (subject to hydrolysis) is 1. The number of hydrogen-bond donors (Lipinski definition) is 3. The van der Waals surface area contributed by atoms with Gasteiger partial charge < -0.3 is 25.0 Å². The van der Waals surface area contributed by atoms with E-state index in [-0.39, 0.29) is 25.8 Å². The van der Waals surface area contributed by atoms with Gasteiger partial charge >= 0.3 is 12.2 Å². The molecule has 1 aromatic carbocycles. The van der Waals surface area contributed by atoms with E-state index in [9.17, 15) is 32.4 Å². The molecule has 0 unspecified atom stereocenters. The van der Waals surface area contributed by atoms with E-state index in [1.54, 1.807) is 32.6 Å². The summed E-state index contributed by atoms with van der Waals surface area (Å²) in [6.07, 6.45) is 5.62. The monoisotopic (exact) mass is 727 g/mol. The number of benzene rings is 1. The van der Waals surface area contributed by atoms with Gasteiger partial charge in [-0.2, -0.15) is 0 Å². The maximum Gasteiger partial charge on any atom is 0.410 e. The van der Waals surface area contributed by atoms with Gasteiger partial charge in [0, 0.05) is 25.4 Å². The van der Waals surface area contributed by atoms with E-state index < -0.39 is 79.9 Å². The highest BCUT2D eigenvalue weighted by Gasteiger charge is 2.63. The second-order valence-corrected chi connectivity index (χ2v) is 18.0. The average Bonchev–Trinajstić information content (AvgIpc) is 3.84. The number of sulfonamides is 1. The molecule has 14 nitrogen and oxygen atoms in total. The summed E-state index contributed by atoms with van der Waals surface area (Å²) in [6.45, 7) is 7.32. The van der Waals surface area contributed by atoms with Crippen molar-refractivity contribution in [2.24, 2.45) is 5.92 Å². The van der Waals surface area contributed by atoms with Gasteiger partial charge in [0.1, 0.15) is 29.3 Å². The fraction of sp³-hybridized carbons (Fsp3) is 0.639. The summed E-state index contributed by atoms with van der Waals surface area (Å²) in [7, 11) is -3.99. The predicted octanol–water partition coefficient (Wildman–Crippen LogP) is 3.40. The van der Waals surface area contributed by atoms with Crippen LogP contribution < -0.4 is 15.4 Å². The predicted molar refractivity (Wildman–Crippen MR) is 185 cm³/mol. The zero-order chi connectivity index (χ0) is 36.8. The summed E-state index contributed by atoms with van der Waals surface area (Å²) >= 11 is 0. The lowest BCUT2D eigenvalue weighted by atomic mass is 10.0. The molecule has 51 heavy (non-hydrogen) atoms. The van der Waals surface area contributed by atoms with Gasteiger partial charge in [0.2, 0.25) is 21.8 Å². The smallest absolute Gasteiger partial charge is 0.410 e. The number of allylic oxidation sites excluding steroid dienone is 1. The summed E-state index contributed by atoms with van der Waals surface area (Å²) in [5, 5.41) is 5.53. The highest BCUT2D eigenvalue weighted by atomic mass is 32.2. The molecule has 2 aliphatic carbocycles. The Kier molecular flexibility index (Phi) is 9.90. The number of fused-ring (bicyclic) bond motifs is 3. The van der Waals surface area contributed by atoms with Crippen molar-refractivity contribution < 1.29 is 41.9 Å². The third kappa shape index (κ3) is 8.02. The Labute approximate surface area is 299 Å². The van der Waals surface area contributed by atoms with Gasteiger partial charge in [-0.1, -0.05) is 49.3 Å². The van der Waals surface area contributed by atoms with E-state index in [2.05, 4.69) is 15.4 Å². The molecule has 1 saturated heterocycles. The van der Waals surface area contributed by atoms with Gasteiger partial charge in [0.25, 0.3) is 5.91 Å². The van der Waals surface area contributed by atoms with Crippen LogP contribution in [0, 0.1) is 5.92 Å². The van der Waals surface area contributed by atoms with Gasteiger partial charge in [-0.3, -0.25) is 24.0 Å². The Balaban J connectivity index is 1.25. The maximum absolute atomic E-state index is 14.3. The van der Waals surface area contributed by atoms with Crippen molar-refractivity contribution in [1.82, 2.24) is 25.2 Å². The molecule has 5 amide bonds. The molecule has 0 spiro atoms. The molecule has 2 saturated carbocycles. The van der Waals surface area contributed by atoms with Gasteiger partial charge in [-0.15, -0.1) is 0 Å². The van der Waals surface area contributed by atoms with Crippen LogP contribution in [0.5, 0.6) is 0 Å². The maximum atomic E-state index is 14.3. The largest absolute Gasteiger partial charge is 0.444 e. The number of ether oxygens (including phenoxy) is 2. The molecule has 3 aliphatic heterocycles. The zero-order valence-corrected chi connectivity index (χ0v) is 30.6. The van der Waals surface area contributed by atoms with E-state index in [0.717, 1.165) is 24.0 Å². The first-order valence-electron chi connectivity index (χ1n) is 17.9. The van der Waals surface area contributed by atoms with Crippen LogP contribution in [-0.2, 0) is 47.0 Å². The lowest BCUT2D eigenvalue weighted by molar-refractivity contribution is -0.141. The molecule has 0 radical (unpaired) electrons. The van der Waals surface area contributed by atoms with Crippen molar-refractivity contribution in [3.05, 3.63) is 47.5 Å². The van der Waals surface area contributed by atoms with Gasteiger partial charge in [-0.25, -0.2) is 18.0 Å². The Morgan fingerprint density at radius 2 is 1.71 bits per heavy atom. The highest BCUT2D eigenvalue weighted by Crippen LogP contribution is 2.47. The topological polar surface area (TPSA) is 181 Å². The number of hydrogen-bond acceptors (Lipinski definition) is 9. The molecular weight excluding hydrogens is 678 g/mol. The Morgan fingerprint density at radius 3 is 2.35 bits per heavy atom. The van der Waals surface area contributed by atoms with Crippen LogP contribution >= 0.6 is 0 Å². The average molecular weight is 728 g/mol. The SMILES string of the molecule is CC(C)(C)OC(=O)N[C@H]1CCCCC/C=C/[C@@H]2C[C@@]2(C(=O)NS(=O)(=O)C2(C)CC2)NC(=O)[C@@H]2C[C@@H](OC(=O)N3Cc4ccccc4C3)CN2C1=O. The van der Waals surface area contributed by atoms with Crippen LogP contribution in [0.2, 0.25) is 0 Å². The lowest BCUT2D eigenvalue weighted by Gasteiger charge is -2.30. The van der Waals surface area contributed by atoms with Gasteiger partial charge in [-0.05, 0) is 77.3 Å². The fourth-order valence-electron chi connectivity index (χ4n) is 7.08. The van der Waals surface area contributed by atoms with Crippen molar-refractivity contribution in [2.45, 2.75) is 133 Å². The molecule has 3 N–H and O–H groups in total. The normalized spacial score (nSPS) is 29.6. The van der Waals surface area contributed by atoms with Crippen molar-refractivity contribution in [3.8, 4) is 0 Å². The van der Waals surface area contributed by atoms with Gasteiger partial charge in [0.15, 0.2) is 0 Å². The number of nitrogens with zero attached hydrogens (tertiary/aromatic N) is 2. The van der Waals surface area contributed by atoms with Crippen LogP contribution in [-0.4, -0.2) is 88.7 Å². The van der Waals surface area contributed by atoms with Crippen molar-refractivity contribution in [2.75, 3.05) is 6.54 Å². The van der Waals surface area contributed by atoms with Crippen LogP contribution in [0.3, 0.4) is 0 Å². The Morgan fingerprint density at radius 1 is 1.02 bits per heavy atom. The first kappa shape index (κ1) is 36.6. The second-order valence-electron chi connectivity index (χ2n) is 15.8. The third-order valence-electron chi connectivity index (χ3n) is 10.5. The Bertz CT molecular complexity index is 1690. The first-order chi connectivity index (χ1) is 24.0. The van der Waals surface area contributed by atoms with Gasteiger partial charge in [0.05, 0.1) is 11.3 Å². The number of nitrogens with one attached hydrogen (secondary N) is 3. The van der Waals surface area contributed by atoms with Crippen LogP contribution in [0.25, 0.3) is 0 Å². The van der Waals surface area contributed by atoms with Crippen molar-refractivity contribution >= 4 is 39.9 Å². The molecule has 3 heterocycles. The number of carbonyl (C=O) groups excluding carboxylic acids is 5. The molecule has 0 aromatic heterocycles. The molecule has 3 fully saturated rings. The molecule has 15 heteroatoms. The van der Waals surface area contributed by atoms with E-state index in [1.807, 2.05) is 36.4 Å². The summed E-state index contributed by atoms with van der Waals surface area (Å²) in [4.78, 5) is 71.4. The summed E-state index contributed by atoms with van der Waals surface area (Å²) in [5.74, 6) is -2.50.